The molecule has 0 saturated carbocycles. The zero-order valence-corrected chi connectivity index (χ0v) is 20.7. The largest absolute Gasteiger partial charge is 0.339 e. The van der Waals surface area contributed by atoms with E-state index in [1.165, 1.54) is 0 Å². The van der Waals surface area contributed by atoms with Crippen LogP contribution in [0, 0.1) is 6.92 Å². The number of nitrogens with one attached hydrogen (secondary N) is 3. The predicted molar refractivity (Wildman–Crippen MR) is 139 cm³/mol. The lowest BCUT2D eigenvalue weighted by Crippen LogP contribution is -2.51. The minimum absolute atomic E-state index is 0.319. The van der Waals surface area contributed by atoms with Crippen LogP contribution in [0.2, 0.25) is 0 Å². The van der Waals surface area contributed by atoms with Gasteiger partial charge in [-0.2, -0.15) is 11.8 Å². The first-order chi connectivity index (χ1) is 15.9. The van der Waals surface area contributed by atoms with Crippen molar-refractivity contribution in [3.05, 3.63) is 112 Å². The highest BCUT2D eigenvalue weighted by Crippen LogP contribution is 2.17. The number of carbonyl (C=O) groups excluding carboxylic acids is 2. The number of aryl methyl sites for hydroxylation is 1. The molecule has 0 bridgehead atoms. The van der Waals surface area contributed by atoms with Gasteiger partial charge in [0.1, 0.15) is 6.04 Å². The molecule has 1 unspecified atom stereocenters. The molecule has 33 heavy (non-hydrogen) atoms. The second kappa shape index (κ2) is 12.3. The van der Waals surface area contributed by atoms with Gasteiger partial charge in [0.15, 0.2) is 0 Å². The molecule has 5 nitrogen and oxygen atoms in total. The lowest BCUT2D eigenvalue weighted by atomic mass is 10.1. The fraction of sp³-hybridized carbons (Fsp3) is 0.154. The summed E-state index contributed by atoms with van der Waals surface area (Å²) in [6.45, 7) is 5.99. The van der Waals surface area contributed by atoms with E-state index in [1.807, 2.05) is 67.6 Å². The van der Waals surface area contributed by atoms with Crippen LogP contribution in [0.25, 0.3) is 5.70 Å². The monoisotopic (exact) mass is 523 g/mol. The number of halogens is 1. The first-order valence-electron chi connectivity index (χ1n) is 10.4. The molecule has 1 atom stereocenters. The molecule has 0 aromatic heterocycles. The van der Waals surface area contributed by atoms with Crippen LogP contribution in [-0.2, 0) is 10.5 Å². The van der Waals surface area contributed by atoms with Gasteiger partial charge in [-0.3, -0.25) is 20.4 Å². The number of hydrazine groups is 1. The Morgan fingerprint density at radius 2 is 1.61 bits per heavy atom. The lowest BCUT2D eigenvalue weighted by molar-refractivity contribution is -0.123. The SMILES string of the molecule is C=C(NNC(=O)C(CSCc1ccccc1)NC(=O)c1ccccc1Br)c1ccc(C)cc1. The van der Waals surface area contributed by atoms with Gasteiger partial charge < -0.3 is 5.32 Å². The third-order valence-corrected chi connectivity index (χ3v) is 6.67. The summed E-state index contributed by atoms with van der Waals surface area (Å²) in [5, 5.41) is 2.86. The maximum atomic E-state index is 13.0. The smallest absolute Gasteiger partial charge is 0.261 e. The van der Waals surface area contributed by atoms with E-state index in [0.29, 0.717) is 21.5 Å². The maximum absolute atomic E-state index is 13.0. The van der Waals surface area contributed by atoms with Crippen molar-refractivity contribution in [2.75, 3.05) is 5.75 Å². The second-order valence-corrected chi connectivity index (χ2v) is 9.35. The fourth-order valence-corrected chi connectivity index (χ4v) is 4.47. The Kier molecular flexibility index (Phi) is 9.15. The van der Waals surface area contributed by atoms with Gasteiger partial charge in [0.2, 0.25) is 0 Å². The van der Waals surface area contributed by atoms with Crippen molar-refractivity contribution >= 4 is 45.2 Å². The van der Waals surface area contributed by atoms with Gasteiger partial charge in [-0.15, -0.1) is 0 Å². The van der Waals surface area contributed by atoms with Crippen LogP contribution in [0.4, 0.5) is 0 Å². The van der Waals surface area contributed by atoms with E-state index in [4.69, 9.17) is 0 Å². The number of carbonyl (C=O) groups is 2. The Balaban J connectivity index is 1.64. The Morgan fingerprint density at radius 3 is 2.30 bits per heavy atom. The Bertz CT molecular complexity index is 1100. The molecule has 0 radical (unpaired) electrons. The van der Waals surface area contributed by atoms with Crippen molar-refractivity contribution < 1.29 is 9.59 Å². The van der Waals surface area contributed by atoms with Gasteiger partial charge >= 0.3 is 0 Å². The van der Waals surface area contributed by atoms with E-state index in [0.717, 1.165) is 22.4 Å². The molecular formula is C26H26BrN3O2S. The van der Waals surface area contributed by atoms with Crippen LogP contribution in [0.1, 0.15) is 27.0 Å². The van der Waals surface area contributed by atoms with Crippen LogP contribution < -0.4 is 16.2 Å². The van der Waals surface area contributed by atoms with Crippen LogP contribution >= 0.6 is 27.7 Å². The van der Waals surface area contributed by atoms with E-state index < -0.39 is 6.04 Å². The van der Waals surface area contributed by atoms with Gasteiger partial charge in [0, 0.05) is 16.0 Å². The van der Waals surface area contributed by atoms with Gasteiger partial charge in [0.25, 0.3) is 11.8 Å². The number of rotatable bonds is 10. The van der Waals surface area contributed by atoms with Gasteiger partial charge in [0.05, 0.1) is 11.3 Å². The minimum atomic E-state index is -0.739. The molecule has 3 N–H and O–H groups in total. The van der Waals surface area contributed by atoms with Crippen LogP contribution in [0.15, 0.2) is 89.9 Å². The van der Waals surface area contributed by atoms with Crippen LogP contribution in [0.3, 0.4) is 0 Å². The quantitative estimate of drug-likeness (QED) is 0.324. The van der Waals surface area contributed by atoms with E-state index in [2.05, 4.69) is 38.7 Å². The Hall–Kier alpha value is -3.03. The summed E-state index contributed by atoms with van der Waals surface area (Å²) in [5.74, 6) is 0.485. The van der Waals surface area contributed by atoms with Crippen molar-refractivity contribution in [2.45, 2.75) is 18.7 Å². The van der Waals surface area contributed by atoms with Gasteiger partial charge in [-0.25, -0.2) is 0 Å². The maximum Gasteiger partial charge on any atom is 0.261 e. The van der Waals surface area contributed by atoms with Crippen molar-refractivity contribution in [3.63, 3.8) is 0 Å². The van der Waals surface area contributed by atoms with Crippen LogP contribution in [-0.4, -0.2) is 23.6 Å². The molecule has 0 spiro atoms. The third kappa shape index (κ3) is 7.51. The zero-order valence-electron chi connectivity index (χ0n) is 18.3. The lowest BCUT2D eigenvalue weighted by Gasteiger charge is -2.20. The summed E-state index contributed by atoms with van der Waals surface area (Å²) in [5.41, 5.74) is 9.76. The van der Waals surface area contributed by atoms with Crippen LogP contribution in [0.5, 0.6) is 0 Å². The summed E-state index contributed by atoms with van der Waals surface area (Å²) in [4.78, 5) is 25.8. The number of amides is 2. The highest BCUT2D eigenvalue weighted by Gasteiger charge is 2.22. The highest BCUT2D eigenvalue weighted by molar-refractivity contribution is 9.10. The Labute approximate surface area is 207 Å². The fourth-order valence-electron chi connectivity index (χ4n) is 2.98. The molecule has 0 heterocycles. The number of thioether (sulfide) groups is 1. The first kappa shape index (κ1) is 24.6. The summed E-state index contributed by atoms with van der Waals surface area (Å²) in [6.07, 6.45) is 0. The molecule has 3 aromatic rings. The number of hydrogen-bond acceptors (Lipinski definition) is 4. The Morgan fingerprint density at radius 1 is 0.939 bits per heavy atom. The molecule has 170 valence electrons. The summed E-state index contributed by atoms with van der Waals surface area (Å²) in [6, 6.07) is 24.2. The summed E-state index contributed by atoms with van der Waals surface area (Å²) >= 11 is 4.98. The molecule has 0 aliphatic carbocycles. The molecule has 2 amide bonds. The topological polar surface area (TPSA) is 70.2 Å². The van der Waals surface area contributed by atoms with Crippen molar-refractivity contribution in [3.8, 4) is 0 Å². The third-order valence-electron chi connectivity index (χ3n) is 4.87. The van der Waals surface area contributed by atoms with E-state index in [-0.39, 0.29) is 11.8 Å². The van der Waals surface area contributed by atoms with E-state index in [1.54, 1.807) is 30.0 Å². The second-order valence-electron chi connectivity index (χ2n) is 7.47. The number of hydrogen-bond donors (Lipinski definition) is 3. The predicted octanol–water partition coefficient (Wildman–Crippen LogP) is 5.08. The van der Waals surface area contributed by atoms with Crippen molar-refractivity contribution in [1.82, 2.24) is 16.2 Å². The van der Waals surface area contributed by atoms with Crippen molar-refractivity contribution in [1.29, 1.82) is 0 Å². The van der Waals surface area contributed by atoms with Gasteiger partial charge in [-0.1, -0.05) is 78.9 Å². The first-order valence-corrected chi connectivity index (χ1v) is 12.4. The van der Waals surface area contributed by atoms with Crippen molar-refractivity contribution in [2.24, 2.45) is 0 Å². The molecule has 7 heteroatoms. The van der Waals surface area contributed by atoms with Gasteiger partial charge in [-0.05, 0) is 46.1 Å². The average molecular weight is 524 g/mol. The molecule has 0 aliphatic rings. The average Bonchev–Trinajstić information content (AvgIpc) is 2.83. The van der Waals surface area contributed by atoms with E-state index in [9.17, 15) is 9.59 Å². The molecule has 0 aliphatic heterocycles. The summed E-state index contributed by atoms with van der Waals surface area (Å²) in [7, 11) is 0. The molecular weight excluding hydrogens is 498 g/mol. The number of benzene rings is 3. The molecule has 0 fully saturated rings. The highest BCUT2D eigenvalue weighted by atomic mass is 79.9. The zero-order chi connectivity index (χ0) is 23.6. The minimum Gasteiger partial charge on any atom is -0.339 e. The normalized spacial score (nSPS) is 11.3. The molecule has 3 rings (SSSR count). The standard InChI is InChI=1S/C26H26BrN3O2S/c1-18-12-14-21(15-13-18)19(2)29-30-26(32)24(17-33-16-20-8-4-3-5-9-20)28-25(31)22-10-6-7-11-23(22)27/h3-15,24,29H,2,16-17H2,1H3,(H,28,31)(H,30,32). The van der Waals surface area contributed by atoms with E-state index >= 15 is 0 Å². The molecule has 3 aromatic carbocycles. The molecule has 0 saturated heterocycles. The summed E-state index contributed by atoms with van der Waals surface area (Å²) < 4.78 is 0.671.